The van der Waals surface area contributed by atoms with Gasteiger partial charge in [0.25, 0.3) is 0 Å². The van der Waals surface area contributed by atoms with Crippen molar-refractivity contribution < 1.29 is 0 Å². The summed E-state index contributed by atoms with van der Waals surface area (Å²) in [4.78, 5) is 2.37. The summed E-state index contributed by atoms with van der Waals surface area (Å²) in [6, 6.07) is 0. The van der Waals surface area contributed by atoms with Crippen molar-refractivity contribution in [2.24, 2.45) is 0 Å². The van der Waals surface area contributed by atoms with E-state index in [1.54, 1.807) is 0 Å². The van der Waals surface area contributed by atoms with Crippen molar-refractivity contribution in [1.82, 2.24) is 4.90 Å². The largest absolute Gasteiger partial charge is 0.296 e. The Morgan fingerprint density at radius 1 is 1.00 bits per heavy atom. The molecule has 14 heavy (non-hydrogen) atoms. The summed E-state index contributed by atoms with van der Waals surface area (Å²) in [5.74, 6) is 0. The normalized spacial score (nSPS) is 9.57. The molecule has 0 rings (SSSR count). The third-order valence-corrected chi connectivity index (χ3v) is 2.10. The predicted octanol–water partition coefficient (Wildman–Crippen LogP) is 3.82. The first kappa shape index (κ1) is 16.4. The van der Waals surface area contributed by atoms with Crippen LogP contribution in [0, 0.1) is 0 Å². The average Bonchev–Trinajstić information content (AvgIpc) is 2.13. The number of hydrogen-bond acceptors (Lipinski definition) is 1. The number of unbranched alkanes of at least 4 members (excludes halogenated alkanes) is 3. The lowest BCUT2D eigenvalue weighted by molar-refractivity contribution is 0.325. The van der Waals surface area contributed by atoms with E-state index in [1.807, 2.05) is 12.2 Å². The zero-order chi connectivity index (χ0) is 9.94. The fraction of sp³-hybridized carbons (Fsp3) is 0.667. The van der Waals surface area contributed by atoms with E-state index in [0.717, 1.165) is 13.1 Å². The van der Waals surface area contributed by atoms with Crippen molar-refractivity contribution >= 4 is 17.0 Å². The van der Waals surface area contributed by atoms with E-state index < -0.39 is 0 Å². The van der Waals surface area contributed by atoms with Crippen LogP contribution in [0.5, 0.6) is 0 Å². The van der Waals surface area contributed by atoms with Gasteiger partial charge in [0.1, 0.15) is 0 Å². The topological polar surface area (TPSA) is 3.24 Å². The van der Waals surface area contributed by atoms with Gasteiger partial charge in [-0.3, -0.25) is 4.90 Å². The monoisotopic (exact) mass is 261 g/mol. The highest BCUT2D eigenvalue weighted by Crippen LogP contribution is 2.01. The van der Waals surface area contributed by atoms with Gasteiger partial charge in [-0.2, -0.15) is 0 Å². The molecule has 0 atom stereocenters. The summed E-state index contributed by atoms with van der Waals surface area (Å²) >= 11 is 0. The van der Waals surface area contributed by atoms with Gasteiger partial charge in [0, 0.05) is 13.1 Å². The lowest BCUT2D eigenvalue weighted by Crippen LogP contribution is -2.24. The highest BCUT2D eigenvalue weighted by atomic mass is 79.9. The van der Waals surface area contributed by atoms with Crippen LogP contribution >= 0.6 is 17.0 Å². The van der Waals surface area contributed by atoms with Gasteiger partial charge in [-0.15, -0.1) is 30.1 Å². The van der Waals surface area contributed by atoms with Gasteiger partial charge in [-0.05, 0) is 13.0 Å². The van der Waals surface area contributed by atoms with Crippen molar-refractivity contribution in [3.8, 4) is 0 Å². The van der Waals surface area contributed by atoms with E-state index in [9.17, 15) is 0 Å². The van der Waals surface area contributed by atoms with Crippen LogP contribution in [0.15, 0.2) is 25.3 Å². The molecule has 0 aromatic heterocycles. The van der Waals surface area contributed by atoms with Gasteiger partial charge in [-0.1, -0.05) is 38.3 Å². The minimum Gasteiger partial charge on any atom is -0.296 e. The Kier molecular flexibility index (Phi) is 15.1. The maximum atomic E-state index is 3.75. The molecule has 0 N–H and O–H groups in total. The van der Waals surface area contributed by atoms with E-state index in [-0.39, 0.29) is 17.0 Å². The van der Waals surface area contributed by atoms with Crippen LogP contribution in [-0.2, 0) is 0 Å². The first-order valence-corrected chi connectivity index (χ1v) is 5.29. The molecule has 0 aliphatic carbocycles. The van der Waals surface area contributed by atoms with Gasteiger partial charge in [-0.25, -0.2) is 0 Å². The van der Waals surface area contributed by atoms with E-state index in [4.69, 9.17) is 0 Å². The van der Waals surface area contributed by atoms with Crippen LogP contribution in [-0.4, -0.2) is 24.5 Å². The summed E-state index contributed by atoms with van der Waals surface area (Å²) < 4.78 is 0. The molecule has 0 aromatic rings. The Hall–Kier alpha value is -0.0800. The average molecular weight is 262 g/mol. The molecule has 0 amide bonds. The molecule has 0 bridgehead atoms. The molecule has 0 saturated carbocycles. The molecule has 0 saturated heterocycles. The van der Waals surface area contributed by atoms with Gasteiger partial charge < -0.3 is 0 Å². The van der Waals surface area contributed by atoms with Crippen molar-refractivity contribution in [2.45, 2.75) is 32.6 Å². The molecule has 0 fully saturated rings. The lowest BCUT2D eigenvalue weighted by atomic mass is 10.2. The summed E-state index contributed by atoms with van der Waals surface area (Å²) in [5.41, 5.74) is 0. The van der Waals surface area contributed by atoms with Crippen LogP contribution in [0.2, 0.25) is 0 Å². The lowest BCUT2D eigenvalue weighted by Gasteiger charge is -2.18. The summed E-state index contributed by atoms with van der Waals surface area (Å²) in [5, 5.41) is 0. The van der Waals surface area contributed by atoms with Crippen LogP contribution in [0.3, 0.4) is 0 Å². The predicted molar refractivity (Wildman–Crippen MR) is 71.3 cm³/mol. The number of hydrogen-bond donors (Lipinski definition) is 0. The number of nitrogens with zero attached hydrogens (tertiary/aromatic N) is 1. The van der Waals surface area contributed by atoms with Crippen molar-refractivity contribution in [2.75, 3.05) is 19.6 Å². The van der Waals surface area contributed by atoms with Crippen LogP contribution < -0.4 is 0 Å². The molecule has 0 spiro atoms. The Morgan fingerprint density at radius 2 is 1.57 bits per heavy atom. The molecule has 84 valence electrons. The summed E-state index contributed by atoms with van der Waals surface area (Å²) in [6.07, 6.45) is 9.24. The SMILES string of the molecule is Br.C=CCN(CC=C)CCCCCC. The maximum absolute atomic E-state index is 3.75. The van der Waals surface area contributed by atoms with Crippen LogP contribution in [0.25, 0.3) is 0 Å². The van der Waals surface area contributed by atoms with Crippen molar-refractivity contribution in [1.29, 1.82) is 0 Å². The fourth-order valence-electron chi connectivity index (χ4n) is 1.38. The molecule has 0 aliphatic heterocycles. The highest BCUT2D eigenvalue weighted by Gasteiger charge is 1.98. The Balaban J connectivity index is 0. The molecule has 0 radical (unpaired) electrons. The van der Waals surface area contributed by atoms with E-state index in [1.165, 1.54) is 32.2 Å². The Morgan fingerprint density at radius 3 is 2.00 bits per heavy atom. The number of halogens is 1. The smallest absolute Gasteiger partial charge is 0.0163 e. The molecule has 0 heterocycles. The van der Waals surface area contributed by atoms with Gasteiger partial charge in [0.05, 0.1) is 0 Å². The first-order valence-electron chi connectivity index (χ1n) is 5.29. The molecule has 2 heteroatoms. The molecule has 0 unspecified atom stereocenters. The third-order valence-electron chi connectivity index (χ3n) is 2.10. The Bertz CT molecular complexity index is 124. The van der Waals surface area contributed by atoms with Gasteiger partial charge in [0.2, 0.25) is 0 Å². The van der Waals surface area contributed by atoms with Crippen LogP contribution in [0.1, 0.15) is 32.6 Å². The molecule has 0 aromatic carbocycles. The van der Waals surface area contributed by atoms with Crippen molar-refractivity contribution in [3.05, 3.63) is 25.3 Å². The van der Waals surface area contributed by atoms with Crippen LogP contribution in [0.4, 0.5) is 0 Å². The summed E-state index contributed by atoms with van der Waals surface area (Å²) in [7, 11) is 0. The molecule has 1 nitrogen and oxygen atoms in total. The van der Waals surface area contributed by atoms with E-state index in [0.29, 0.717) is 0 Å². The maximum Gasteiger partial charge on any atom is 0.0163 e. The second-order valence-electron chi connectivity index (χ2n) is 3.40. The second-order valence-corrected chi connectivity index (χ2v) is 3.40. The zero-order valence-corrected chi connectivity index (χ0v) is 11.1. The first-order chi connectivity index (χ1) is 6.35. The molecular weight excluding hydrogens is 238 g/mol. The quantitative estimate of drug-likeness (QED) is 0.451. The minimum atomic E-state index is 0. The Labute approximate surface area is 99.6 Å². The zero-order valence-electron chi connectivity index (χ0n) is 9.37. The second kappa shape index (κ2) is 12.9. The van der Waals surface area contributed by atoms with E-state index >= 15 is 0 Å². The molecule has 0 aliphatic rings. The minimum absolute atomic E-state index is 0. The summed E-state index contributed by atoms with van der Waals surface area (Å²) in [6.45, 7) is 12.9. The molecular formula is C12H24BrN. The highest BCUT2D eigenvalue weighted by molar-refractivity contribution is 8.93. The van der Waals surface area contributed by atoms with E-state index in [2.05, 4.69) is 25.0 Å². The standard InChI is InChI=1S/C12H23N.BrH/c1-4-7-8-9-12-13(10-5-2)11-6-3;/h5-6H,2-4,7-12H2,1H3;1H. The van der Waals surface area contributed by atoms with Gasteiger partial charge >= 0.3 is 0 Å². The fourth-order valence-corrected chi connectivity index (χ4v) is 1.38. The number of rotatable bonds is 9. The third kappa shape index (κ3) is 10.0. The van der Waals surface area contributed by atoms with Crippen molar-refractivity contribution in [3.63, 3.8) is 0 Å². The van der Waals surface area contributed by atoms with Gasteiger partial charge in [0.15, 0.2) is 0 Å².